The third kappa shape index (κ3) is 4.39. The molecule has 0 saturated heterocycles. The molecule has 4 heteroatoms. The molecule has 0 radical (unpaired) electrons. The van der Waals surface area contributed by atoms with Crippen molar-refractivity contribution in [1.82, 2.24) is 4.90 Å². The van der Waals surface area contributed by atoms with Gasteiger partial charge in [-0.25, -0.2) is 4.39 Å². The molecule has 0 spiro atoms. The van der Waals surface area contributed by atoms with E-state index in [2.05, 4.69) is 0 Å². The topological polar surface area (TPSA) is 46.3 Å². The van der Waals surface area contributed by atoms with Gasteiger partial charge in [0.05, 0.1) is 6.04 Å². The molecule has 0 aliphatic carbocycles. The highest BCUT2D eigenvalue weighted by Gasteiger charge is 2.18. The molecule has 21 heavy (non-hydrogen) atoms. The van der Waals surface area contributed by atoms with E-state index in [0.29, 0.717) is 13.0 Å². The molecular formula is C17H19FN2O. The van der Waals surface area contributed by atoms with Crippen molar-refractivity contribution in [2.75, 3.05) is 7.05 Å². The van der Waals surface area contributed by atoms with Crippen molar-refractivity contribution in [2.45, 2.75) is 19.0 Å². The van der Waals surface area contributed by atoms with Gasteiger partial charge in [-0.15, -0.1) is 0 Å². The van der Waals surface area contributed by atoms with E-state index < -0.39 is 6.04 Å². The lowest BCUT2D eigenvalue weighted by Gasteiger charge is -2.21. The van der Waals surface area contributed by atoms with Crippen molar-refractivity contribution < 1.29 is 9.18 Å². The summed E-state index contributed by atoms with van der Waals surface area (Å²) in [4.78, 5) is 13.8. The van der Waals surface area contributed by atoms with Crippen LogP contribution < -0.4 is 5.73 Å². The predicted molar refractivity (Wildman–Crippen MR) is 81.0 cm³/mol. The lowest BCUT2D eigenvalue weighted by molar-refractivity contribution is -0.131. The number of hydrogen-bond donors (Lipinski definition) is 1. The van der Waals surface area contributed by atoms with Crippen molar-refractivity contribution in [3.05, 3.63) is 71.5 Å². The SMILES string of the molecule is CN(Cc1cccc(F)c1)C(=O)[C@@H](N)Cc1ccccc1. The fourth-order valence-electron chi connectivity index (χ4n) is 2.23. The van der Waals surface area contributed by atoms with Crippen molar-refractivity contribution >= 4 is 5.91 Å². The van der Waals surface area contributed by atoms with Gasteiger partial charge < -0.3 is 10.6 Å². The van der Waals surface area contributed by atoms with Crippen LogP contribution in [-0.4, -0.2) is 23.9 Å². The summed E-state index contributed by atoms with van der Waals surface area (Å²) in [6.45, 7) is 0.346. The van der Waals surface area contributed by atoms with Gasteiger partial charge in [0.15, 0.2) is 0 Å². The summed E-state index contributed by atoms with van der Waals surface area (Å²) in [6.07, 6.45) is 0.493. The van der Waals surface area contributed by atoms with E-state index in [9.17, 15) is 9.18 Å². The van der Waals surface area contributed by atoms with Crippen LogP contribution in [0.5, 0.6) is 0 Å². The Bertz CT molecular complexity index is 601. The largest absolute Gasteiger partial charge is 0.340 e. The standard InChI is InChI=1S/C17H19FN2O/c1-20(12-14-8-5-9-15(18)10-14)17(21)16(19)11-13-6-3-2-4-7-13/h2-10,16H,11-12,19H2,1H3/t16-/m0/s1. The summed E-state index contributed by atoms with van der Waals surface area (Å²) in [5.74, 6) is -0.454. The van der Waals surface area contributed by atoms with Crippen molar-refractivity contribution in [3.8, 4) is 0 Å². The van der Waals surface area contributed by atoms with Crippen LogP contribution in [0.15, 0.2) is 54.6 Å². The second kappa shape index (κ2) is 6.99. The van der Waals surface area contributed by atoms with Gasteiger partial charge in [-0.2, -0.15) is 0 Å². The molecule has 0 heterocycles. The summed E-state index contributed by atoms with van der Waals surface area (Å²) in [5.41, 5.74) is 7.74. The minimum atomic E-state index is -0.592. The maximum absolute atomic E-state index is 13.1. The molecule has 2 N–H and O–H groups in total. The molecule has 0 bridgehead atoms. The first-order valence-corrected chi connectivity index (χ1v) is 6.85. The van der Waals surface area contributed by atoms with Crippen LogP contribution in [0.2, 0.25) is 0 Å². The molecule has 2 aromatic carbocycles. The molecule has 1 atom stereocenters. The zero-order valence-electron chi connectivity index (χ0n) is 12.0. The number of nitrogens with two attached hydrogens (primary N) is 1. The summed E-state index contributed by atoms with van der Waals surface area (Å²) >= 11 is 0. The molecule has 110 valence electrons. The Morgan fingerprint density at radius 3 is 2.48 bits per heavy atom. The fraction of sp³-hybridized carbons (Fsp3) is 0.235. The van der Waals surface area contributed by atoms with E-state index in [1.807, 2.05) is 30.3 Å². The average molecular weight is 286 g/mol. The zero-order valence-corrected chi connectivity index (χ0v) is 12.0. The predicted octanol–water partition coefficient (Wildman–Crippen LogP) is 2.35. The molecule has 0 aliphatic heterocycles. The molecular weight excluding hydrogens is 267 g/mol. The van der Waals surface area contributed by atoms with Gasteiger partial charge in [0.1, 0.15) is 5.82 Å². The van der Waals surface area contributed by atoms with Gasteiger partial charge >= 0.3 is 0 Å². The van der Waals surface area contributed by atoms with Crippen molar-refractivity contribution in [3.63, 3.8) is 0 Å². The fourth-order valence-corrected chi connectivity index (χ4v) is 2.23. The highest BCUT2D eigenvalue weighted by molar-refractivity contribution is 5.81. The van der Waals surface area contributed by atoms with Crippen molar-refractivity contribution in [2.24, 2.45) is 5.73 Å². The number of rotatable bonds is 5. The Morgan fingerprint density at radius 2 is 1.81 bits per heavy atom. The molecule has 0 aromatic heterocycles. The van der Waals surface area contributed by atoms with E-state index in [1.54, 1.807) is 19.2 Å². The minimum Gasteiger partial charge on any atom is -0.340 e. The lowest BCUT2D eigenvalue weighted by atomic mass is 10.1. The van der Waals surface area contributed by atoms with Crippen LogP contribution in [0.3, 0.4) is 0 Å². The Morgan fingerprint density at radius 1 is 1.14 bits per heavy atom. The maximum atomic E-state index is 13.1. The quantitative estimate of drug-likeness (QED) is 0.917. The Hall–Kier alpha value is -2.20. The van der Waals surface area contributed by atoms with Gasteiger partial charge in [0.25, 0.3) is 0 Å². The monoisotopic (exact) mass is 286 g/mol. The van der Waals surface area contributed by atoms with Gasteiger partial charge in [-0.1, -0.05) is 42.5 Å². The first kappa shape index (κ1) is 15.2. The third-order valence-corrected chi connectivity index (χ3v) is 3.30. The van der Waals surface area contributed by atoms with Gasteiger partial charge in [-0.3, -0.25) is 4.79 Å². The summed E-state index contributed by atoms with van der Waals surface area (Å²) < 4.78 is 13.1. The second-order valence-electron chi connectivity index (χ2n) is 5.12. The smallest absolute Gasteiger partial charge is 0.239 e. The third-order valence-electron chi connectivity index (χ3n) is 3.30. The van der Waals surface area contributed by atoms with Crippen LogP contribution in [0.1, 0.15) is 11.1 Å². The zero-order chi connectivity index (χ0) is 15.2. The molecule has 2 rings (SSSR count). The van der Waals surface area contributed by atoms with E-state index in [4.69, 9.17) is 5.73 Å². The highest BCUT2D eigenvalue weighted by Crippen LogP contribution is 2.09. The minimum absolute atomic E-state index is 0.150. The van der Waals surface area contributed by atoms with E-state index >= 15 is 0 Å². The van der Waals surface area contributed by atoms with Crippen LogP contribution >= 0.6 is 0 Å². The number of nitrogens with zero attached hydrogens (tertiary/aromatic N) is 1. The Labute approximate surface area is 124 Å². The van der Waals surface area contributed by atoms with E-state index in [0.717, 1.165) is 11.1 Å². The van der Waals surface area contributed by atoms with Gasteiger partial charge in [-0.05, 0) is 29.7 Å². The summed E-state index contributed by atoms with van der Waals surface area (Å²) in [6, 6.07) is 15.3. The first-order chi connectivity index (χ1) is 10.1. The number of likely N-dealkylation sites (N-methyl/N-ethyl adjacent to an activating group) is 1. The summed E-state index contributed by atoms with van der Waals surface area (Å²) in [7, 11) is 1.68. The lowest BCUT2D eigenvalue weighted by Crippen LogP contribution is -2.42. The Kier molecular flexibility index (Phi) is 5.06. The Balaban J connectivity index is 1.95. The normalized spacial score (nSPS) is 12.0. The van der Waals surface area contributed by atoms with E-state index in [1.165, 1.54) is 17.0 Å². The van der Waals surface area contributed by atoms with Crippen LogP contribution in [0.25, 0.3) is 0 Å². The van der Waals surface area contributed by atoms with Crippen LogP contribution in [-0.2, 0) is 17.8 Å². The number of carbonyl (C=O) groups excluding carboxylic acids is 1. The van der Waals surface area contributed by atoms with E-state index in [-0.39, 0.29) is 11.7 Å². The maximum Gasteiger partial charge on any atom is 0.239 e. The first-order valence-electron chi connectivity index (χ1n) is 6.85. The average Bonchev–Trinajstić information content (AvgIpc) is 2.47. The number of halogens is 1. The number of benzene rings is 2. The van der Waals surface area contributed by atoms with Crippen molar-refractivity contribution in [1.29, 1.82) is 0 Å². The number of amides is 1. The van der Waals surface area contributed by atoms with Gasteiger partial charge in [0.2, 0.25) is 5.91 Å². The molecule has 0 unspecified atom stereocenters. The highest BCUT2D eigenvalue weighted by atomic mass is 19.1. The van der Waals surface area contributed by atoms with Crippen LogP contribution in [0.4, 0.5) is 4.39 Å². The number of carbonyl (C=O) groups is 1. The summed E-state index contributed by atoms with van der Waals surface area (Å²) in [5, 5.41) is 0. The molecule has 1 amide bonds. The second-order valence-corrected chi connectivity index (χ2v) is 5.12. The van der Waals surface area contributed by atoms with Crippen LogP contribution in [0, 0.1) is 5.82 Å². The molecule has 0 fully saturated rings. The molecule has 3 nitrogen and oxygen atoms in total. The molecule has 0 aliphatic rings. The molecule has 0 saturated carbocycles. The van der Waals surface area contributed by atoms with Gasteiger partial charge in [0, 0.05) is 13.6 Å². The number of hydrogen-bond acceptors (Lipinski definition) is 2. The molecule has 2 aromatic rings.